The van der Waals surface area contributed by atoms with Crippen molar-refractivity contribution in [3.8, 4) is 45.3 Å². The Morgan fingerprint density at radius 3 is 1.37 bits per heavy atom. The second-order valence-corrected chi connectivity index (χ2v) is 10.1. The van der Waals surface area contributed by atoms with Crippen LogP contribution in [-0.4, -0.2) is 19.9 Å². The Hall–Kier alpha value is -5.74. The van der Waals surface area contributed by atoms with Gasteiger partial charge in [-0.3, -0.25) is 0 Å². The number of benzene rings is 4. The van der Waals surface area contributed by atoms with Crippen LogP contribution in [0.25, 0.3) is 56.4 Å². The number of hydrogen-bond acceptors (Lipinski definition) is 4. The lowest BCUT2D eigenvalue weighted by Crippen LogP contribution is -2.02. The number of rotatable bonds is 8. The van der Waals surface area contributed by atoms with Crippen molar-refractivity contribution in [3.05, 3.63) is 170 Å². The minimum absolute atomic E-state index is 0.576. The van der Waals surface area contributed by atoms with Crippen molar-refractivity contribution in [1.82, 2.24) is 19.9 Å². The summed E-state index contributed by atoms with van der Waals surface area (Å²) in [5.74, 6) is 1.81. The molecule has 6 rings (SSSR count). The maximum absolute atomic E-state index is 5.03. The van der Waals surface area contributed by atoms with Crippen LogP contribution >= 0.6 is 0 Å². The summed E-state index contributed by atoms with van der Waals surface area (Å²) in [5.41, 5.74) is 8.75. The summed E-state index contributed by atoms with van der Waals surface area (Å²) in [7, 11) is 0. The zero-order valence-electron chi connectivity index (χ0n) is 23.9. The first-order chi connectivity index (χ1) is 21.2. The molecule has 0 fully saturated rings. The van der Waals surface area contributed by atoms with Crippen LogP contribution in [0, 0.1) is 0 Å². The molecule has 0 aliphatic carbocycles. The van der Waals surface area contributed by atoms with Gasteiger partial charge < -0.3 is 0 Å². The standard InChI is InChI=1S/C39H30N4/c1-3-16-33(39-42-37(31-21-12-6-13-22-31)41-38(43-39)32-23-14-7-15-24-32)25-28(2)34-26-35(29-17-8-4-9-18-29)40-36(27-34)30-19-10-5-11-20-30/h3-27H,1H2,2H3/b28-25+,33-16+. The van der Waals surface area contributed by atoms with Gasteiger partial charge in [0.1, 0.15) is 0 Å². The Morgan fingerprint density at radius 2 is 0.953 bits per heavy atom. The molecule has 4 heteroatoms. The normalized spacial score (nSPS) is 11.7. The van der Waals surface area contributed by atoms with Crippen LogP contribution in [0.2, 0.25) is 0 Å². The third-order valence-corrected chi connectivity index (χ3v) is 7.05. The number of nitrogens with zero attached hydrogens (tertiary/aromatic N) is 4. The van der Waals surface area contributed by atoms with Gasteiger partial charge in [-0.05, 0) is 36.3 Å². The van der Waals surface area contributed by atoms with Crippen molar-refractivity contribution in [1.29, 1.82) is 0 Å². The van der Waals surface area contributed by atoms with E-state index in [2.05, 4.69) is 56.0 Å². The van der Waals surface area contributed by atoms with Gasteiger partial charge in [-0.15, -0.1) is 0 Å². The predicted molar refractivity (Wildman–Crippen MR) is 178 cm³/mol. The smallest absolute Gasteiger partial charge is 0.164 e. The molecular formula is C39H30N4. The highest BCUT2D eigenvalue weighted by Crippen LogP contribution is 2.30. The Balaban J connectivity index is 1.48. The topological polar surface area (TPSA) is 51.6 Å². The van der Waals surface area contributed by atoms with Crippen LogP contribution in [0.1, 0.15) is 18.3 Å². The first-order valence-corrected chi connectivity index (χ1v) is 14.2. The van der Waals surface area contributed by atoms with E-state index in [0.717, 1.165) is 50.4 Å². The summed E-state index contributed by atoms with van der Waals surface area (Å²) in [6.45, 7) is 6.09. The molecule has 0 aliphatic rings. The Bertz CT molecular complexity index is 1800. The highest BCUT2D eigenvalue weighted by atomic mass is 15.0. The molecule has 6 aromatic rings. The molecule has 0 aliphatic heterocycles. The van der Waals surface area contributed by atoms with Crippen LogP contribution in [0.15, 0.2) is 158 Å². The van der Waals surface area contributed by atoms with E-state index in [1.165, 1.54) is 0 Å². The lowest BCUT2D eigenvalue weighted by Gasteiger charge is -2.12. The minimum Gasteiger partial charge on any atom is -0.248 e. The lowest BCUT2D eigenvalue weighted by molar-refractivity contribution is 1.04. The highest BCUT2D eigenvalue weighted by Gasteiger charge is 2.14. The van der Waals surface area contributed by atoms with Gasteiger partial charge in [0.2, 0.25) is 0 Å². The third kappa shape index (κ3) is 6.45. The summed E-state index contributed by atoms with van der Waals surface area (Å²) in [6.07, 6.45) is 5.82. The molecule has 0 N–H and O–H groups in total. The fraction of sp³-hybridized carbons (Fsp3) is 0.0256. The van der Waals surface area contributed by atoms with Gasteiger partial charge in [-0.1, -0.05) is 140 Å². The first kappa shape index (κ1) is 27.4. The average Bonchev–Trinajstić information content (AvgIpc) is 3.09. The van der Waals surface area contributed by atoms with Gasteiger partial charge in [-0.25, -0.2) is 19.9 Å². The second-order valence-electron chi connectivity index (χ2n) is 10.1. The molecule has 0 unspecified atom stereocenters. The summed E-state index contributed by atoms with van der Waals surface area (Å²) in [5, 5.41) is 0. The van der Waals surface area contributed by atoms with Crippen molar-refractivity contribution in [3.63, 3.8) is 0 Å². The summed E-state index contributed by atoms with van der Waals surface area (Å²) < 4.78 is 0. The van der Waals surface area contributed by atoms with Crippen LogP contribution < -0.4 is 0 Å². The van der Waals surface area contributed by atoms with Gasteiger partial charge in [0.25, 0.3) is 0 Å². The van der Waals surface area contributed by atoms with E-state index in [4.69, 9.17) is 19.9 Å². The minimum atomic E-state index is 0.576. The van der Waals surface area contributed by atoms with Crippen LogP contribution in [0.3, 0.4) is 0 Å². The van der Waals surface area contributed by atoms with Gasteiger partial charge in [0, 0.05) is 27.8 Å². The number of aromatic nitrogens is 4. The van der Waals surface area contributed by atoms with E-state index >= 15 is 0 Å². The van der Waals surface area contributed by atoms with Crippen LogP contribution in [0.5, 0.6) is 0 Å². The monoisotopic (exact) mass is 554 g/mol. The molecule has 4 aromatic carbocycles. The Labute approximate surface area is 252 Å². The van der Waals surface area contributed by atoms with E-state index in [1.54, 1.807) is 6.08 Å². The fourth-order valence-electron chi connectivity index (χ4n) is 4.84. The third-order valence-electron chi connectivity index (χ3n) is 7.05. The van der Waals surface area contributed by atoms with Crippen molar-refractivity contribution < 1.29 is 0 Å². The van der Waals surface area contributed by atoms with E-state index in [0.29, 0.717) is 17.5 Å². The highest BCUT2D eigenvalue weighted by molar-refractivity contribution is 5.84. The average molecular weight is 555 g/mol. The van der Waals surface area contributed by atoms with Crippen molar-refractivity contribution in [2.75, 3.05) is 0 Å². The second kappa shape index (κ2) is 12.8. The van der Waals surface area contributed by atoms with Gasteiger partial charge in [0.15, 0.2) is 17.5 Å². The number of hydrogen-bond donors (Lipinski definition) is 0. The van der Waals surface area contributed by atoms with Gasteiger partial charge >= 0.3 is 0 Å². The molecule has 4 nitrogen and oxygen atoms in total. The quantitative estimate of drug-likeness (QED) is 0.176. The van der Waals surface area contributed by atoms with E-state index < -0.39 is 0 Å². The first-order valence-electron chi connectivity index (χ1n) is 14.2. The molecule has 0 radical (unpaired) electrons. The summed E-state index contributed by atoms with van der Waals surface area (Å²) >= 11 is 0. The van der Waals surface area contributed by atoms with Crippen molar-refractivity contribution >= 4 is 11.1 Å². The van der Waals surface area contributed by atoms with Gasteiger partial charge in [0.05, 0.1) is 11.4 Å². The molecule has 206 valence electrons. The molecule has 0 atom stereocenters. The maximum Gasteiger partial charge on any atom is 0.164 e. The van der Waals surface area contributed by atoms with Crippen LogP contribution in [0.4, 0.5) is 0 Å². The molecular weight excluding hydrogens is 524 g/mol. The maximum atomic E-state index is 5.03. The SMILES string of the molecule is C=C/C=C(\C=C(/C)c1cc(-c2ccccc2)nc(-c2ccccc2)c1)c1nc(-c2ccccc2)nc(-c2ccccc2)n1. The fourth-order valence-corrected chi connectivity index (χ4v) is 4.84. The molecule has 0 bridgehead atoms. The van der Waals surface area contributed by atoms with Gasteiger partial charge in [-0.2, -0.15) is 0 Å². The largest absolute Gasteiger partial charge is 0.248 e. The van der Waals surface area contributed by atoms with Crippen LogP contribution in [-0.2, 0) is 0 Å². The van der Waals surface area contributed by atoms with E-state index in [1.807, 2.05) is 103 Å². The zero-order chi connectivity index (χ0) is 29.4. The Kier molecular flexibility index (Phi) is 8.19. The van der Waals surface area contributed by atoms with Crippen molar-refractivity contribution in [2.24, 2.45) is 0 Å². The molecule has 2 heterocycles. The molecule has 0 spiro atoms. The number of pyridine rings is 1. The van der Waals surface area contributed by atoms with E-state index in [9.17, 15) is 0 Å². The molecule has 2 aromatic heterocycles. The molecule has 0 saturated carbocycles. The molecule has 0 amide bonds. The van der Waals surface area contributed by atoms with E-state index in [-0.39, 0.29) is 0 Å². The summed E-state index contributed by atoms with van der Waals surface area (Å²) in [4.78, 5) is 19.7. The number of allylic oxidation sites excluding steroid dienone is 5. The zero-order valence-corrected chi connectivity index (χ0v) is 23.9. The summed E-state index contributed by atoms with van der Waals surface area (Å²) in [6, 6.07) is 44.8. The molecule has 0 saturated heterocycles. The lowest BCUT2D eigenvalue weighted by atomic mass is 9.99. The molecule has 43 heavy (non-hydrogen) atoms. The van der Waals surface area contributed by atoms with Crippen molar-refractivity contribution in [2.45, 2.75) is 6.92 Å². The predicted octanol–water partition coefficient (Wildman–Crippen LogP) is 9.61. The Morgan fingerprint density at radius 1 is 0.535 bits per heavy atom.